The van der Waals surface area contributed by atoms with Crippen LogP contribution in [0.5, 0.6) is 0 Å². The van der Waals surface area contributed by atoms with Crippen molar-refractivity contribution in [1.82, 2.24) is 0 Å². The third-order valence-corrected chi connectivity index (χ3v) is 5.75. The van der Waals surface area contributed by atoms with Crippen molar-refractivity contribution in [3.63, 3.8) is 0 Å². The van der Waals surface area contributed by atoms with Crippen molar-refractivity contribution in [1.29, 1.82) is 0 Å². The molecule has 0 aliphatic heterocycles. The van der Waals surface area contributed by atoms with Crippen LogP contribution in [0.3, 0.4) is 0 Å². The highest BCUT2D eigenvalue weighted by atomic mass is 32.2. The summed E-state index contributed by atoms with van der Waals surface area (Å²) in [4.78, 5) is 12.0. The van der Waals surface area contributed by atoms with Gasteiger partial charge in [-0.25, -0.2) is 0 Å². The molecule has 0 heterocycles. The van der Waals surface area contributed by atoms with Crippen LogP contribution in [0.1, 0.15) is 32.6 Å². The SMILES string of the molecule is CC1C=C2CC(C1)CC(C(=O)OCC(C(F)(F)F)C(F)(F)S(=O)(=O)O)C2. The Kier molecular flexibility index (Phi) is 5.73. The zero-order valence-electron chi connectivity index (χ0n) is 13.8. The number of carbonyl (C=O) groups excluding carboxylic acids is 1. The minimum atomic E-state index is -6.33. The van der Waals surface area contributed by atoms with E-state index >= 15 is 0 Å². The van der Waals surface area contributed by atoms with E-state index in [9.17, 15) is 35.2 Å². The molecule has 0 radical (unpaired) electrons. The highest BCUT2D eigenvalue weighted by Crippen LogP contribution is 2.43. The Morgan fingerprint density at radius 1 is 1.27 bits per heavy atom. The Morgan fingerprint density at radius 2 is 1.88 bits per heavy atom. The van der Waals surface area contributed by atoms with Gasteiger partial charge in [0.1, 0.15) is 6.61 Å². The van der Waals surface area contributed by atoms with Crippen LogP contribution >= 0.6 is 0 Å². The lowest BCUT2D eigenvalue weighted by molar-refractivity contribution is -0.231. The van der Waals surface area contributed by atoms with E-state index in [0.29, 0.717) is 12.3 Å². The Hall–Kier alpha value is -1.23. The van der Waals surface area contributed by atoms with E-state index in [-0.39, 0.29) is 12.3 Å². The summed E-state index contributed by atoms with van der Waals surface area (Å²) < 4.78 is 99.4. The van der Waals surface area contributed by atoms with Gasteiger partial charge < -0.3 is 4.74 Å². The Bertz CT molecular complexity index is 685. The minimum absolute atomic E-state index is 0.175. The number of ether oxygens (including phenoxy) is 1. The zero-order valence-corrected chi connectivity index (χ0v) is 14.6. The van der Waals surface area contributed by atoms with Gasteiger partial charge in [-0.1, -0.05) is 18.6 Å². The van der Waals surface area contributed by atoms with Gasteiger partial charge in [0.25, 0.3) is 0 Å². The van der Waals surface area contributed by atoms with E-state index < -0.39 is 46.0 Å². The maximum atomic E-state index is 13.5. The molecule has 2 aliphatic rings. The van der Waals surface area contributed by atoms with E-state index in [2.05, 4.69) is 4.74 Å². The van der Waals surface area contributed by atoms with Gasteiger partial charge in [0.05, 0.1) is 5.92 Å². The summed E-state index contributed by atoms with van der Waals surface area (Å²) in [7, 11) is -6.33. The molecule has 2 aliphatic carbocycles. The number of alkyl halides is 5. The van der Waals surface area contributed by atoms with Gasteiger partial charge in [-0.05, 0) is 37.5 Å². The number of rotatable bonds is 5. The van der Waals surface area contributed by atoms with Gasteiger partial charge in [0, 0.05) is 0 Å². The van der Waals surface area contributed by atoms with Crippen LogP contribution in [0.25, 0.3) is 0 Å². The molecule has 1 saturated carbocycles. The number of allylic oxidation sites excluding steroid dienone is 2. The number of fused-ring (bicyclic) bond motifs is 2. The first-order valence-electron chi connectivity index (χ1n) is 7.99. The highest BCUT2D eigenvalue weighted by molar-refractivity contribution is 7.86. The standard InChI is InChI=1S/C15H19F5O5S/c1-8-2-9-4-10(3-8)6-11(5-9)13(21)25-7-12(14(16,17)18)15(19,20)26(22,23)24/h2,8,10-12H,3-7H2,1H3,(H,22,23,24). The summed E-state index contributed by atoms with van der Waals surface area (Å²) in [6.45, 7) is 0.127. The van der Waals surface area contributed by atoms with Crippen LogP contribution in [-0.2, 0) is 19.6 Å². The fraction of sp³-hybridized carbons (Fsp3) is 0.800. The minimum Gasteiger partial charge on any atom is -0.465 e. The zero-order chi connectivity index (χ0) is 19.9. The Balaban J connectivity index is 2.07. The molecule has 26 heavy (non-hydrogen) atoms. The maximum absolute atomic E-state index is 13.5. The Morgan fingerprint density at radius 3 is 2.38 bits per heavy atom. The van der Waals surface area contributed by atoms with E-state index in [4.69, 9.17) is 4.55 Å². The van der Waals surface area contributed by atoms with E-state index in [1.54, 1.807) is 0 Å². The van der Waals surface area contributed by atoms with Crippen molar-refractivity contribution >= 4 is 16.1 Å². The molecule has 2 rings (SSSR count). The first-order valence-corrected chi connectivity index (χ1v) is 9.43. The van der Waals surface area contributed by atoms with Crippen LogP contribution in [0.15, 0.2) is 11.6 Å². The summed E-state index contributed by atoms with van der Waals surface area (Å²) in [5, 5.41) is -5.52. The van der Waals surface area contributed by atoms with Crippen molar-refractivity contribution in [2.75, 3.05) is 6.61 Å². The molecule has 1 N–H and O–H groups in total. The normalized spacial score (nSPS) is 28.3. The predicted molar refractivity (Wildman–Crippen MR) is 79.7 cm³/mol. The number of esters is 1. The van der Waals surface area contributed by atoms with Gasteiger partial charge in [0.15, 0.2) is 5.92 Å². The summed E-state index contributed by atoms with van der Waals surface area (Å²) in [5.74, 6) is -5.16. The third-order valence-electron chi connectivity index (χ3n) is 4.77. The molecule has 5 nitrogen and oxygen atoms in total. The lowest BCUT2D eigenvalue weighted by Gasteiger charge is -2.35. The molecule has 0 aromatic carbocycles. The van der Waals surface area contributed by atoms with Gasteiger partial charge in [0.2, 0.25) is 0 Å². The molecule has 4 unspecified atom stereocenters. The van der Waals surface area contributed by atoms with Crippen LogP contribution in [-0.4, -0.2) is 37.0 Å². The summed E-state index contributed by atoms with van der Waals surface area (Å²) in [5.41, 5.74) is 0.984. The topological polar surface area (TPSA) is 80.7 Å². The van der Waals surface area contributed by atoms with Crippen molar-refractivity contribution in [2.45, 2.75) is 44.0 Å². The van der Waals surface area contributed by atoms with Gasteiger partial charge in [-0.2, -0.15) is 30.4 Å². The van der Waals surface area contributed by atoms with Gasteiger partial charge >= 0.3 is 27.5 Å². The average Bonchev–Trinajstić information content (AvgIpc) is 2.42. The number of hydrogen-bond donors (Lipinski definition) is 1. The number of hydrogen-bond acceptors (Lipinski definition) is 4. The molecule has 4 atom stereocenters. The van der Waals surface area contributed by atoms with Crippen molar-refractivity contribution in [3.05, 3.63) is 11.6 Å². The van der Waals surface area contributed by atoms with E-state index in [1.165, 1.54) is 0 Å². The second kappa shape index (κ2) is 7.06. The second-order valence-corrected chi connectivity index (χ2v) is 8.50. The molecule has 0 amide bonds. The summed E-state index contributed by atoms with van der Waals surface area (Å²) in [6, 6.07) is 0. The van der Waals surface area contributed by atoms with Crippen molar-refractivity contribution in [3.8, 4) is 0 Å². The smallest absolute Gasteiger partial charge is 0.402 e. The fourth-order valence-corrected chi connectivity index (χ4v) is 4.24. The number of carbonyl (C=O) groups is 1. The van der Waals surface area contributed by atoms with Crippen molar-refractivity contribution in [2.24, 2.45) is 23.7 Å². The molecule has 2 bridgehead atoms. The van der Waals surface area contributed by atoms with Crippen molar-refractivity contribution < 1.29 is 44.5 Å². The van der Waals surface area contributed by atoms with Crippen LogP contribution < -0.4 is 0 Å². The largest absolute Gasteiger partial charge is 0.465 e. The van der Waals surface area contributed by atoms with Gasteiger partial charge in [-0.3, -0.25) is 9.35 Å². The van der Waals surface area contributed by atoms with Gasteiger partial charge in [-0.15, -0.1) is 0 Å². The molecule has 0 aromatic heterocycles. The average molecular weight is 406 g/mol. The summed E-state index contributed by atoms with van der Waals surface area (Å²) in [6.07, 6.45) is -1.43. The quantitative estimate of drug-likeness (QED) is 0.327. The van der Waals surface area contributed by atoms with Crippen LogP contribution in [0.2, 0.25) is 0 Å². The monoisotopic (exact) mass is 406 g/mol. The van der Waals surface area contributed by atoms with E-state index in [1.807, 2.05) is 13.0 Å². The maximum Gasteiger partial charge on any atom is 0.402 e. The molecule has 0 saturated heterocycles. The molecular formula is C15H19F5O5S. The second-order valence-electron chi connectivity index (χ2n) is 7.01. The fourth-order valence-electron chi connectivity index (χ4n) is 3.68. The first kappa shape index (κ1) is 21.1. The number of halogens is 5. The molecule has 0 spiro atoms. The molecule has 0 aromatic rings. The van der Waals surface area contributed by atoms with Crippen LogP contribution in [0, 0.1) is 23.7 Å². The Labute approximate surface area is 147 Å². The molecular weight excluding hydrogens is 387 g/mol. The molecule has 1 fully saturated rings. The van der Waals surface area contributed by atoms with Crippen LogP contribution in [0.4, 0.5) is 22.0 Å². The lowest BCUT2D eigenvalue weighted by Crippen LogP contribution is -2.48. The third kappa shape index (κ3) is 4.54. The van der Waals surface area contributed by atoms with E-state index in [0.717, 1.165) is 18.4 Å². The summed E-state index contributed by atoms with van der Waals surface area (Å²) >= 11 is 0. The molecule has 150 valence electrons. The first-order chi connectivity index (χ1) is 11.7. The lowest BCUT2D eigenvalue weighted by atomic mass is 9.71. The predicted octanol–water partition coefficient (Wildman–Crippen LogP) is 3.57. The highest BCUT2D eigenvalue weighted by Gasteiger charge is 2.63. The molecule has 11 heteroatoms.